The standard InChI is InChI=1S/C29H38F3N3O4S/c1-3-26(28(37)33-24-15-8-5-9-16-24)34(21-22-12-6-4-7-13-22)27(36)18-11-19-35(40(2,38)39)25-17-10-14-23(20-25)29(30,31)32/h4,6-7,10,12-14,17,20,24,26H,3,5,8-9,11,15-16,18-19,21H2,1-2H3,(H,33,37). The number of benzene rings is 2. The Hall–Kier alpha value is -3.08. The van der Waals surface area contributed by atoms with Crippen molar-refractivity contribution in [3.8, 4) is 0 Å². The zero-order valence-electron chi connectivity index (χ0n) is 23.0. The summed E-state index contributed by atoms with van der Waals surface area (Å²) in [6.07, 6.45) is 1.74. The summed E-state index contributed by atoms with van der Waals surface area (Å²) in [4.78, 5) is 28.4. The molecule has 0 aromatic heterocycles. The summed E-state index contributed by atoms with van der Waals surface area (Å²) in [5, 5.41) is 3.11. The van der Waals surface area contributed by atoms with E-state index in [9.17, 15) is 31.2 Å². The number of anilines is 1. The summed E-state index contributed by atoms with van der Waals surface area (Å²) < 4.78 is 65.5. The van der Waals surface area contributed by atoms with Crippen LogP contribution >= 0.6 is 0 Å². The Morgan fingerprint density at radius 3 is 2.30 bits per heavy atom. The van der Waals surface area contributed by atoms with Crippen molar-refractivity contribution in [2.45, 2.75) is 83.1 Å². The quantitative estimate of drug-likeness (QED) is 0.358. The molecule has 2 amide bonds. The van der Waals surface area contributed by atoms with Gasteiger partial charge in [-0.3, -0.25) is 13.9 Å². The Morgan fingerprint density at radius 1 is 1.02 bits per heavy atom. The van der Waals surface area contributed by atoms with Crippen LogP contribution in [0, 0.1) is 0 Å². The van der Waals surface area contributed by atoms with Crippen LogP contribution in [-0.4, -0.2) is 50.0 Å². The smallest absolute Gasteiger partial charge is 0.352 e. The van der Waals surface area contributed by atoms with E-state index in [1.165, 1.54) is 11.0 Å². The third kappa shape index (κ3) is 8.97. The number of hydrogen-bond acceptors (Lipinski definition) is 4. The van der Waals surface area contributed by atoms with Gasteiger partial charge in [0, 0.05) is 25.6 Å². The van der Waals surface area contributed by atoms with Crippen molar-refractivity contribution in [3.05, 3.63) is 65.7 Å². The van der Waals surface area contributed by atoms with Crippen LogP contribution in [0.25, 0.3) is 0 Å². The number of rotatable bonds is 12. The first-order valence-corrected chi connectivity index (χ1v) is 15.5. The molecular weight excluding hydrogens is 543 g/mol. The molecule has 7 nitrogen and oxygen atoms in total. The number of halogens is 3. The van der Waals surface area contributed by atoms with Gasteiger partial charge < -0.3 is 10.2 Å². The molecule has 1 saturated carbocycles. The second-order valence-electron chi connectivity index (χ2n) is 10.3. The van der Waals surface area contributed by atoms with Crippen molar-refractivity contribution in [2.75, 3.05) is 17.1 Å². The zero-order chi connectivity index (χ0) is 29.3. The van der Waals surface area contributed by atoms with Gasteiger partial charge in [0.15, 0.2) is 0 Å². The van der Waals surface area contributed by atoms with E-state index in [0.29, 0.717) is 6.42 Å². The topological polar surface area (TPSA) is 86.8 Å². The van der Waals surface area contributed by atoms with Gasteiger partial charge in [0.05, 0.1) is 17.5 Å². The molecule has 40 heavy (non-hydrogen) atoms. The van der Waals surface area contributed by atoms with E-state index in [1.54, 1.807) is 0 Å². The van der Waals surface area contributed by atoms with Gasteiger partial charge in [0.2, 0.25) is 21.8 Å². The highest BCUT2D eigenvalue weighted by atomic mass is 32.2. The van der Waals surface area contributed by atoms with Crippen LogP contribution in [-0.2, 0) is 32.3 Å². The van der Waals surface area contributed by atoms with E-state index in [-0.39, 0.29) is 49.5 Å². The molecule has 0 saturated heterocycles. The number of sulfonamides is 1. The minimum Gasteiger partial charge on any atom is -0.352 e. The highest BCUT2D eigenvalue weighted by Crippen LogP contribution is 2.32. The molecular formula is C29H38F3N3O4S. The normalized spacial score (nSPS) is 15.3. The summed E-state index contributed by atoms with van der Waals surface area (Å²) in [5.41, 5.74) is -0.232. The molecule has 1 atom stereocenters. The molecule has 2 aromatic rings. The summed E-state index contributed by atoms with van der Waals surface area (Å²) in [5.74, 6) is -0.535. The molecule has 0 bridgehead atoms. The number of carbonyl (C=O) groups is 2. The Morgan fingerprint density at radius 2 is 1.70 bits per heavy atom. The molecule has 1 N–H and O–H groups in total. The molecule has 0 spiro atoms. The van der Waals surface area contributed by atoms with Gasteiger partial charge >= 0.3 is 6.18 Å². The Labute approximate surface area is 234 Å². The zero-order valence-corrected chi connectivity index (χ0v) is 23.8. The van der Waals surface area contributed by atoms with Crippen LogP contribution < -0.4 is 9.62 Å². The monoisotopic (exact) mass is 581 g/mol. The SMILES string of the molecule is CCC(C(=O)NC1CCCCC1)N(Cc1ccccc1)C(=O)CCCN(c1cccc(C(F)(F)F)c1)S(C)(=O)=O. The van der Waals surface area contributed by atoms with Crippen molar-refractivity contribution < 1.29 is 31.2 Å². The number of alkyl halides is 3. The number of carbonyl (C=O) groups excluding carboxylic acids is 2. The van der Waals surface area contributed by atoms with E-state index in [1.807, 2.05) is 37.3 Å². The maximum absolute atomic E-state index is 13.5. The maximum Gasteiger partial charge on any atom is 0.416 e. The Balaban J connectivity index is 1.76. The maximum atomic E-state index is 13.5. The first-order valence-electron chi connectivity index (χ1n) is 13.7. The van der Waals surface area contributed by atoms with E-state index in [4.69, 9.17) is 0 Å². The van der Waals surface area contributed by atoms with Crippen LogP contribution in [0.2, 0.25) is 0 Å². The highest BCUT2D eigenvalue weighted by molar-refractivity contribution is 7.92. The predicted octanol–water partition coefficient (Wildman–Crippen LogP) is 5.51. The van der Waals surface area contributed by atoms with Crippen LogP contribution in [0.1, 0.15) is 69.4 Å². The van der Waals surface area contributed by atoms with Crippen LogP contribution in [0.3, 0.4) is 0 Å². The molecule has 1 aliphatic rings. The summed E-state index contributed by atoms with van der Waals surface area (Å²) in [7, 11) is -3.92. The van der Waals surface area contributed by atoms with Crippen molar-refractivity contribution in [2.24, 2.45) is 0 Å². The average Bonchev–Trinajstić information content (AvgIpc) is 2.91. The lowest BCUT2D eigenvalue weighted by molar-refractivity contribution is -0.141. The molecule has 0 heterocycles. The Kier molecular flexibility index (Phi) is 11.0. The summed E-state index contributed by atoms with van der Waals surface area (Å²) >= 11 is 0. The highest BCUT2D eigenvalue weighted by Gasteiger charge is 2.32. The molecule has 1 aliphatic carbocycles. The largest absolute Gasteiger partial charge is 0.416 e. The molecule has 220 valence electrons. The van der Waals surface area contributed by atoms with Crippen LogP contribution in [0.15, 0.2) is 54.6 Å². The molecule has 1 fully saturated rings. The lowest BCUT2D eigenvalue weighted by atomic mass is 9.95. The van der Waals surface area contributed by atoms with Crippen molar-refractivity contribution in [3.63, 3.8) is 0 Å². The lowest BCUT2D eigenvalue weighted by Crippen LogP contribution is -2.51. The van der Waals surface area contributed by atoms with Crippen LogP contribution in [0.5, 0.6) is 0 Å². The molecule has 0 aliphatic heterocycles. The number of nitrogens with one attached hydrogen (secondary N) is 1. The number of hydrogen-bond donors (Lipinski definition) is 1. The van der Waals surface area contributed by atoms with Crippen molar-refractivity contribution in [1.82, 2.24) is 10.2 Å². The lowest BCUT2D eigenvalue weighted by Gasteiger charge is -2.33. The van der Waals surface area contributed by atoms with E-state index < -0.39 is 27.8 Å². The second-order valence-corrected chi connectivity index (χ2v) is 12.2. The number of nitrogens with zero attached hydrogens (tertiary/aromatic N) is 2. The molecule has 2 aromatic carbocycles. The fourth-order valence-electron chi connectivity index (χ4n) is 5.09. The predicted molar refractivity (Wildman–Crippen MR) is 149 cm³/mol. The van der Waals surface area contributed by atoms with Gasteiger partial charge in [-0.15, -0.1) is 0 Å². The first-order chi connectivity index (χ1) is 18.9. The van der Waals surface area contributed by atoms with Gasteiger partial charge in [0.1, 0.15) is 6.04 Å². The fraction of sp³-hybridized carbons (Fsp3) is 0.517. The van der Waals surface area contributed by atoms with Crippen molar-refractivity contribution >= 4 is 27.5 Å². The van der Waals surface area contributed by atoms with E-state index >= 15 is 0 Å². The van der Waals surface area contributed by atoms with Gasteiger partial charge in [-0.1, -0.05) is 62.6 Å². The van der Waals surface area contributed by atoms with Gasteiger partial charge in [-0.05, 0) is 49.4 Å². The number of amides is 2. The van der Waals surface area contributed by atoms with Crippen molar-refractivity contribution in [1.29, 1.82) is 0 Å². The van der Waals surface area contributed by atoms with Crippen LogP contribution in [0.4, 0.5) is 18.9 Å². The average molecular weight is 582 g/mol. The molecule has 11 heteroatoms. The minimum atomic E-state index is -4.62. The fourth-order valence-corrected chi connectivity index (χ4v) is 6.04. The Bertz CT molecular complexity index is 1230. The molecule has 0 radical (unpaired) electrons. The third-order valence-electron chi connectivity index (χ3n) is 7.15. The minimum absolute atomic E-state index is 0.0636. The summed E-state index contributed by atoms with van der Waals surface area (Å²) in [6, 6.07) is 12.8. The first kappa shape index (κ1) is 31.4. The molecule has 1 unspecified atom stereocenters. The summed E-state index contributed by atoms with van der Waals surface area (Å²) in [6.45, 7) is 1.87. The molecule has 3 rings (SSSR count). The van der Waals surface area contributed by atoms with Gasteiger partial charge in [0.25, 0.3) is 0 Å². The van der Waals surface area contributed by atoms with E-state index in [0.717, 1.165) is 66.4 Å². The third-order valence-corrected chi connectivity index (χ3v) is 8.34. The second kappa shape index (κ2) is 14.0. The van der Waals surface area contributed by atoms with Gasteiger partial charge in [-0.25, -0.2) is 8.42 Å². The van der Waals surface area contributed by atoms with Gasteiger partial charge in [-0.2, -0.15) is 13.2 Å². The van der Waals surface area contributed by atoms with E-state index in [2.05, 4.69) is 5.32 Å².